The molecule has 0 aromatic rings. The van der Waals surface area contributed by atoms with E-state index in [0.29, 0.717) is 19.3 Å². The molecule has 10 rings (SSSR count). The molecule has 10 aliphatic rings. The van der Waals surface area contributed by atoms with Crippen molar-refractivity contribution >= 4 is 5.97 Å². The van der Waals surface area contributed by atoms with Gasteiger partial charge in [0.05, 0.1) is 50.7 Å². The molecule has 15 N–H and O–H groups in total. The summed E-state index contributed by atoms with van der Waals surface area (Å²) >= 11 is 0. The van der Waals surface area contributed by atoms with Gasteiger partial charge in [-0.15, -0.1) is 0 Å². The first kappa shape index (κ1) is 65.2. The van der Waals surface area contributed by atoms with E-state index >= 15 is 0 Å². The monoisotopic (exact) mass is 1210 g/mol. The normalized spacial score (nSPS) is 54.9. The minimum Gasteiger partial charge on any atom is -0.481 e. The first-order valence-electron chi connectivity index (χ1n) is 30.2. The van der Waals surface area contributed by atoms with E-state index in [0.717, 1.165) is 44.9 Å². The van der Waals surface area contributed by atoms with Gasteiger partial charge in [-0.05, 0) is 111 Å². The number of hydrogen-bond acceptors (Lipinski definition) is 25. The van der Waals surface area contributed by atoms with Gasteiger partial charge in [-0.1, -0.05) is 53.2 Å². The predicted molar refractivity (Wildman–Crippen MR) is 284 cm³/mol. The molecule has 0 aromatic carbocycles. The van der Waals surface area contributed by atoms with E-state index in [1.807, 2.05) is 6.92 Å². The lowest BCUT2D eigenvalue weighted by molar-refractivity contribution is -0.386. The first-order valence-corrected chi connectivity index (χ1v) is 30.2. The molecule has 0 amide bonds. The van der Waals surface area contributed by atoms with Crippen LogP contribution in [0.1, 0.15) is 113 Å². The third kappa shape index (κ3) is 10.8. The van der Waals surface area contributed by atoms with Gasteiger partial charge in [-0.2, -0.15) is 0 Å². The van der Waals surface area contributed by atoms with Crippen molar-refractivity contribution < 1.29 is 129 Å². The van der Waals surface area contributed by atoms with E-state index < -0.39 is 184 Å². The zero-order chi connectivity index (χ0) is 61.1. The standard InChI is InChI=1S/C58H94O26/c1-24-34(63)45(83-47-40(69)37(66)30(22-76-47)80-48-42(71)39(68)44(29(20-60)79-48)82-49-41(70)38(67)36(65)28(19-59)78-49)43(72)50(77-24)84-46-35(64)27(62)21-75-51(46)81-33-11-12-54(4)31(55(33,5)23-61)10-13-57(7)32(54)9-8-25-26-18-53(2,3)14-16-58(26,52(73)74)17-15-56(25,57)6/h8,24,26-51,59-72H,9-23H2,1-7H3,(H,73,74). The van der Waals surface area contributed by atoms with E-state index in [4.69, 9.17) is 47.4 Å². The van der Waals surface area contributed by atoms with Crippen LogP contribution in [0.2, 0.25) is 0 Å². The molecule has 32 atom stereocenters. The Morgan fingerprint density at radius 1 is 0.560 bits per heavy atom. The largest absolute Gasteiger partial charge is 0.481 e. The number of aliphatic hydroxyl groups excluding tert-OH is 14. The van der Waals surface area contributed by atoms with Crippen molar-refractivity contribution in [3.05, 3.63) is 11.6 Å². The minimum atomic E-state index is -1.99. The lowest BCUT2D eigenvalue weighted by Gasteiger charge is -2.71. The summed E-state index contributed by atoms with van der Waals surface area (Å²) in [5.74, 6) is -0.548. The summed E-state index contributed by atoms with van der Waals surface area (Å²) < 4.78 is 59.2. The van der Waals surface area contributed by atoms with Crippen LogP contribution in [0.4, 0.5) is 0 Å². The van der Waals surface area contributed by atoms with Gasteiger partial charge in [0.1, 0.15) is 104 Å². The molecule has 482 valence electrons. The third-order valence-corrected chi connectivity index (χ3v) is 22.9. The smallest absolute Gasteiger partial charge is 0.310 e. The molecule has 5 aliphatic carbocycles. The van der Waals surface area contributed by atoms with Crippen LogP contribution in [0.5, 0.6) is 0 Å². The molecule has 84 heavy (non-hydrogen) atoms. The van der Waals surface area contributed by atoms with Crippen LogP contribution in [-0.4, -0.2) is 263 Å². The molecule has 5 saturated heterocycles. The van der Waals surface area contributed by atoms with E-state index in [-0.39, 0.29) is 52.6 Å². The Balaban J connectivity index is 0.788. The number of carboxylic acid groups (broad SMARTS) is 1. The highest BCUT2D eigenvalue weighted by Gasteiger charge is 2.70. The second-order valence-electron chi connectivity index (χ2n) is 28.0. The molecular formula is C58H94O26. The average molecular weight is 1210 g/mol. The Hall–Kier alpha value is -1.75. The predicted octanol–water partition coefficient (Wildman–Crippen LogP) is -2.37. The minimum absolute atomic E-state index is 0.0268. The van der Waals surface area contributed by atoms with Crippen LogP contribution >= 0.6 is 0 Å². The molecule has 9 fully saturated rings. The molecule has 26 nitrogen and oxygen atoms in total. The second-order valence-corrected chi connectivity index (χ2v) is 28.0. The summed E-state index contributed by atoms with van der Waals surface area (Å²) in [5, 5.41) is 164. The maximum atomic E-state index is 13.2. The number of allylic oxidation sites excluding steroid dienone is 2. The van der Waals surface area contributed by atoms with Gasteiger partial charge in [0, 0.05) is 5.41 Å². The Morgan fingerprint density at radius 3 is 1.85 bits per heavy atom. The molecule has 0 aromatic heterocycles. The Labute approximate surface area is 488 Å². The van der Waals surface area contributed by atoms with Crippen LogP contribution in [0.25, 0.3) is 0 Å². The van der Waals surface area contributed by atoms with Crippen molar-refractivity contribution in [1.82, 2.24) is 0 Å². The van der Waals surface area contributed by atoms with E-state index in [9.17, 15) is 81.4 Å². The number of hydrogen-bond donors (Lipinski definition) is 15. The molecule has 0 bridgehead atoms. The van der Waals surface area contributed by atoms with Crippen LogP contribution in [-0.2, 0) is 52.2 Å². The van der Waals surface area contributed by atoms with Crippen molar-refractivity contribution in [2.45, 2.75) is 260 Å². The number of carbonyl (C=O) groups is 1. The number of ether oxygens (including phenoxy) is 10. The SMILES string of the molecule is CC1OC(OC2C(OC3CCC4(C)C(CCC5(C)C4CC=C4C6CC(C)(C)CCC6(C(=O)O)CCC45C)C3(C)CO)OCC(O)C2O)C(O)C(OC2OCC(OC3OC(CO)C(OC4OC(CO)C(O)C(O)C4O)C(O)C3O)C(O)C2O)C1O. The number of carboxylic acids is 1. The second kappa shape index (κ2) is 24.1. The number of aliphatic hydroxyl groups is 14. The highest BCUT2D eigenvalue weighted by atomic mass is 16.8. The van der Waals surface area contributed by atoms with Crippen molar-refractivity contribution in [3.8, 4) is 0 Å². The fourth-order valence-electron chi connectivity index (χ4n) is 17.5. The molecule has 4 saturated carbocycles. The maximum Gasteiger partial charge on any atom is 0.310 e. The van der Waals surface area contributed by atoms with Gasteiger partial charge >= 0.3 is 5.97 Å². The first-order chi connectivity index (χ1) is 39.4. The maximum absolute atomic E-state index is 13.2. The summed E-state index contributed by atoms with van der Waals surface area (Å²) in [6, 6.07) is 0. The van der Waals surface area contributed by atoms with Crippen molar-refractivity contribution in [1.29, 1.82) is 0 Å². The van der Waals surface area contributed by atoms with Gasteiger partial charge in [-0.25, -0.2) is 0 Å². The van der Waals surface area contributed by atoms with E-state index in [1.54, 1.807) is 0 Å². The van der Waals surface area contributed by atoms with Crippen molar-refractivity contribution in [2.75, 3.05) is 33.0 Å². The van der Waals surface area contributed by atoms with Gasteiger partial charge in [0.2, 0.25) is 0 Å². The molecular weight excluding hydrogens is 1110 g/mol. The summed E-state index contributed by atoms with van der Waals surface area (Å²) in [6.45, 7) is 12.3. The van der Waals surface area contributed by atoms with Gasteiger partial charge in [0.15, 0.2) is 31.5 Å². The van der Waals surface area contributed by atoms with Gasteiger partial charge in [0.25, 0.3) is 0 Å². The van der Waals surface area contributed by atoms with Crippen LogP contribution in [0.3, 0.4) is 0 Å². The molecule has 26 heteroatoms. The summed E-state index contributed by atoms with van der Waals surface area (Å²) in [6.07, 6.45) is -29.6. The molecule has 0 radical (unpaired) electrons. The summed E-state index contributed by atoms with van der Waals surface area (Å²) in [5.41, 5.74) is -0.906. The fraction of sp³-hybridized carbons (Fsp3) is 0.948. The van der Waals surface area contributed by atoms with Gasteiger partial charge in [-0.3, -0.25) is 4.79 Å². The van der Waals surface area contributed by atoms with Crippen molar-refractivity contribution in [3.63, 3.8) is 0 Å². The summed E-state index contributed by atoms with van der Waals surface area (Å²) in [7, 11) is 0. The lowest BCUT2D eigenvalue weighted by Crippen LogP contribution is -2.67. The van der Waals surface area contributed by atoms with Crippen LogP contribution in [0, 0.1) is 50.2 Å². The van der Waals surface area contributed by atoms with Crippen LogP contribution < -0.4 is 0 Å². The van der Waals surface area contributed by atoms with Gasteiger partial charge < -0.3 is 124 Å². The summed E-state index contributed by atoms with van der Waals surface area (Å²) in [4.78, 5) is 13.2. The Kier molecular flexibility index (Phi) is 18.7. The number of rotatable bonds is 14. The quantitative estimate of drug-likeness (QED) is 0.0639. The average Bonchev–Trinajstić information content (AvgIpc) is 0.688. The third-order valence-electron chi connectivity index (χ3n) is 22.9. The lowest BCUT2D eigenvalue weighted by atomic mass is 9.33. The number of aliphatic carboxylic acids is 1. The highest BCUT2D eigenvalue weighted by Crippen LogP contribution is 2.76. The zero-order valence-electron chi connectivity index (χ0n) is 49.0. The number of fused-ring (bicyclic) bond motifs is 7. The van der Waals surface area contributed by atoms with E-state index in [1.165, 1.54) is 12.5 Å². The molecule has 0 spiro atoms. The molecule has 32 unspecified atom stereocenters. The van der Waals surface area contributed by atoms with Crippen LogP contribution in [0.15, 0.2) is 11.6 Å². The van der Waals surface area contributed by atoms with E-state index in [2.05, 4.69) is 40.7 Å². The highest BCUT2D eigenvalue weighted by molar-refractivity contribution is 5.76. The molecule has 5 aliphatic heterocycles. The Bertz CT molecular complexity index is 2330. The zero-order valence-corrected chi connectivity index (χ0v) is 49.0. The van der Waals surface area contributed by atoms with Crippen molar-refractivity contribution in [2.24, 2.45) is 50.2 Å². The Morgan fingerprint density at radius 2 is 1.17 bits per heavy atom. The fourth-order valence-corrected chi connectivity index (χ4v) is 17.5. The molecule has 5 heterocycles. The topological polar surface area (TPSA) is 413 Å².